The predicted octanol–water partition coefficient (Wildman–Crippen LogP) is 1.39. The van der Waals surface area contributed by atoms with Crippen molar-refractivity contribution in [3.63, 3.8) is 0 Å². The van der Waals surface area contributed by atoms with Crippen molar-refractivity contribution >= 4 is 0 Å². The van der Waals surface area contributed by atoms with E-state index in [1.54, 1.807) is 12.1 Å². The van der Waals surface area contributed by atoms with E-state index in [1.165, 1.54) is 4.68 Å². The van der Waals surface area contributed by atoms with Crippen LogP contribution in [0.2, 0.25) is 0 Å². The van der Waals surface area contributed by atoms with Crippen molar-refractivity contribution in [2.45, 2.75) is 33.2 Å². The van der Waals surface area contributed by atoms with Crippen LogP contribution in [0.5, 0.6) is 0 Å². The van der Waals surface area contributed by atoms with Crippen LogP contribution in [-0.2, 0) is 6.54 Å². The summed E-state index contributed by atoms with van der Waals surface area (Å²) < 4.78 is 1.48. The summed E-state index contributed by atoms with van der Waals surface area (Å²) in [4.78, 5) is 11.1. The van der Waals surface area contributed by atoms with E-state index in [4.69, 9.17) is 0 Å². The molecule has 66 valence electrons. The molecule has 0 aliphatic heterocycles. The molecular weight excluding hydrogens is 152 g/mol. The van der Waals surface area contributed by atoms with Gasteiger partial charge in [0.1, 0.15) is 0 Å². The standard InChI is InChI=1S/C9H14N2O/c1-4-11-9(12)6-5-8(10-11)7(2)3/h5-7H,4H2,1-3H3. The molecule has 1 heterocycles. The van der Waals surface area contributed by atoms with E-state index in [1.807, 2.05) is 6.92 Å². The zero-order valence-corrected chi connectivity index (χ0v) is 7.74. The largest absolute Gasteiger partial charge is 0.268 e. The summed E-state index contributed by atoms with van der Waals surface area (Å²) in [6, 6.07) is 3.37. The molecule has 0 unspecified atom stereocenters. The molecule has 0 fully saturated rings. The number of rotatable bonds is 2. The Labute approximate surface area is 72.0 Å². The van der Waals surface area contributed by atoms with Gasteiger partial charge in [-0.05, 0) is 18.9 Å². The second-order valence-corrected chi connectivity index (χ2v) is 3.07. The van der Waals surface area contributed by atoms with Gasteiger partial charge in [0.25, 0.3) is 5.56 Å². The Kier molecular flexibility index (Phi) is 2.63. The molecule has 0 aliphatic rings. The van der Waals surface area contributed by atoms with Crippen molar-refractivity contribution in [1.29, 1.82) is 0 Å². The third-order valence-electron chi connectivity index (χ3n) is 1.78. The van der Waals surface area contributed by atoms with Gasteiger partial charge in [-0.25, -0.2) is 4.68 Å². The van der Waals surface area contributed by atoms with Crippen LogP contribution in [0, 0.1) is 0 Å². The van der Waals surface area contributed by atoms with Gasteiger partial charge < -0.3 is 0 Å². The lowest BCUT2D eigenvalue weighted by Crippen LogP contribution is -2.22. The molecule has 1 aromatic rings. The first-order valence-electron chi connectivity index (χ1n) is 4.23. The summed E-state index contributed by atoms with van der Waals surface area (Å²) in [6.45, 7) is 6.68. The Bertz CT molecular complexity index is 315. The highest BCUT2D eigenvalue weighted by Crippen LogP contribution is 2.07. The van der Waals surface area contributed by atoms with Crippen molar-refractivity contribution in [2.24, 2.45) is 0 Å². The zero-order chi connectivity index (χ0) is 9.14. The topological polar surface area (TPSA) is 34.9 Å². The number of aromatic nitrogens is 2. The Hall–Kier alpha value is -1.12. The summed E-state index contributed by atoms with van der Waals surface area (Å²) >= 11 is 0. The summed E-state index contributed by atoms with van der Waals surface area (Å²) in [5.41, 5.74) is 0.943. The smallest absolute Gasteiger partial charge is 0.266 e. The first-order chi connectivity index (χ1) is 5.65. The second-order valence-electron chi connectivity index (χ2n) is 3.07. The van der Waals surface area contributed by atoms with E-state index in [0.717, 1.165) is 5.69 Å². The van der Waals surface area contributed by atoms with Gasteiger partial charge in [-0.1, -0.05) is 13.8 Å². The second kappa shape index (κ2) is 3.52. The molecule has 0 saturated heterocycles. The predicted molar refractivity (Wildman–Crippen MR) is 48.3 cm³/mol. The number of nitrogens with zero attached hydrogens (tertiary/aromatic N) is 2. The highest BCUT2D eigenvalue weighted by molar-refractivity contribution is 5.04. The molecule has 3 heteroatoms. The molecule has 0 spiro atoms. The summed E-state index contributed by atoms with van der Waals surface area (Å²) in [6.07, 6.45) is 0. The fraction of sp³-hybridized carbons (Fsp3) is 0.556. The molecule has 1 aromatic heterocycles. The lowest BCUT2D eigenvalue weighted by atomic mass is 10.1. The minimum Gasteiger partial charge on any atom is -0.268 e. The van der Waals surface area contributed by atoms with Crippen LogP contribution in [0.3, 0.4) is 0 Å². The Balaban J connectivity index is 3.14. The quantitative estimate of drug-likeness (QED) is 0.665. The molecule has 12 heavy (non-hydrogen) atoms. The van der Waals surface area contributed by atoms with Crippen molar-refractivity contribution in [1.82, 2.24) is 9.78 Å². The Morgan fingerprint density at radius 2 is 2.17 bits per heavy atom. The van der Waals surface area contributed by atoms with Gasteiger partial charge in [-0.15, -0.1) is 0 Å². The normalized spacial score (nSPS) is 10.7. The fourth-order valence-corrected chi connectivity index (χ4v) is 0.999. The number of aryl methyl sites for hydroxylation is 1. The first-order valence-corrected chi connectivity index (χ1v) is 4.23. The van der Waals surface area contributed by atoms with Gasteiger partial charge in [-0.2, -0.15) is 5.10 Å². The third-order valence-corrected chi connectivity index (χ3v) is 1.78. The van der Waals surface area contributed by atoms with E-state index in [0.29, 0.717) is 12.5 Å². The number of hydrogen-bond donors (Lipinski definition) is 0. The lowest BCUT2D eigenvalue weighted by molar-refractivity contribution is 0.585. The van der Waals surface area contributed by atoms with Crippen molar-refractivity contribution in [2.75, 3.05) is 0 Å². The van der Waals surface area contributed by atoms with Crippen LogP contribution >= 0.6 is 0 Å². The number of hydrogen-bond acceptors (Lipinski definition) is 2. The van der Waals surface area contributed by atoms with Crippen molar-refractivity contribution in [3.05, 3.63) is 28.2 Å². The molecule has 1 rings (SSSR count). The highest BCUT2D eigenvalue weighted by Gasteiger charge is 2.02. The molecule has 3 nitrogen and oxygen atoms in total. The monoisotopic (exact) mass is 166 g/mol. The van der Waals surface area contributed by atoms with Crippen molar-refractivity contribution in [3.8, 4) is 0 Å². The van der Waals surface area contributed by atoms with Gasteiger partial charge in [0, 0.05) is 12.6 Å². The van der Waals surface area contributed by atoms with Crippen molar-refractivity contribution < 1.29 is 0 Å². The van der Waals surface area contributed by atoms with Crippen LogP contribution in [0.1, 0.15) is 32.4 Å². The minimum atomic E-state index is -0.0260. The SMILES string of the molecule is CCn1nc(C(C)C)ccc1=O. The molecule has 0 N–H and O–H groups in total. The van der Waals surface area contributed by atoms with Gasteiger partial charge in [-0.3, -0.25) is 4.79 Å². The fourth-order valence-electron chi connectivity index (χ4n) is 0.999. The molecular formula is C9H14N2O. The van der Waals surface area contributed by atoms with Crippen LogP contribution < -0.4 is 5.56 Å². The molecule has 0 aliphatic carbocycles. The molecule has 0 aromatic carbocycles. The maximum Gasteiger partial charge on any atom is 0.266 e. The van der Waals surface area contributed by atoms with Gasteiger partial charge in [0.2, 0.25) is 0 Å². The average molecular weight is 166 g/mol. The van der Waals surface area contributed by atoms with Crippen LogP contribution in [-0.4, -0.2) is 9.78 Å². The van der Waals surface area contributed by atoms with E-state index in [-0.39, 0.29) is 5.56 Å². The zero-order valence-electron chi connectivity index (χ0n) is 7.74. The van der Waals surface area contributed by atoms with Crippen LogP contribution in [0.25, 0.3) is 0 Å². The third kappa shape index (κ3) is 1.72. The van der Waals surface area contributed by atoms with E-state index >= 15 is 0 Å². The maximum atomic E-state index is 11.1. The molecule has 0 atom stereocenters. The van der Waals surface area contributed by atoms with E-state index in [9.17, 15) is 4.79 Å². The highest BCUT2D eigenvalue weighted by atomic mass is 16.1. The minimum absolute atomic E-state index is 0.0260. The van der Waals surface area contributed by atoms with E-state index in [2.05, 4.69) is 18.9 Å². The summed E-state index contributed by atoms with van der Waals surface area (Å²) in [7, 11) is 0. The van der Waals surface area contributed by atoms with Gasteiger partial charge >= 0.3 is 0 Å². The lowest BCUT2D eigenvalue weighted by Gasteiger charge is -2.06. The Morgan fingerprint density at radius 1 is 1.50 bits per heavy atom. The van der Waals surface area contributed by atoms with Gasteiger partial charge in [0.05, 0.1) is 5.69 Å². The maximum absolute atomic E-state index is 11.1. The van der Waals surface area contributed by atoms with Gasteiger partial charge in [0.15, 0.2) is 0 Å². The Morgan fingerprint density at radius 3 is 2.67 bits per heavy atom. The summed E-state index contributed by atoms with van der Waals surface area (Å²) in [5.74, 6) is 0.378. The molecule has 0 bridgehead atoms. The van der Waals surface area contributed by atoms with Crippen LogP contribution in [0.15, 0.2) is 16.9 Å². The molecule has 0 saturated carbocycles. The molecule has 0 amide bonds. The van der Waals surface area contributed by atoms with Crippen LogP contribution in [0.4, 0.5) is 0 Å². The average Bonchev–Trinajstić information content (AvgIpc) is 2.05. The molecule has 0 radical (unpaired) electrons. The van der Waals surface area contributed by atoms with E-state index < -0.39 is 0 Å². The summed E-state index contributed by atoms with van der Waals surface area (Å²) in [5, 5.41) is 4.19. The first kappa shape index (κ1) is 8.97.